The van der Waals surface area contributed by atoms with Crippen LogP contribution in [0, 0.1) is 11.6 Å². The van der Waals surface area contributed by atoms with Crippen molar-refractivity contribution in [1.82, 2.24) is 10.2 Å². The zero-order valence-corrected chi connectivity index (χ0v) is 13.8. The summed E-state index contributed by atoms with van der Waals surface area (Å²) in [6.07, 6.45) is 0. The van der Waals surface area contributed by atoms with E-state index in [0.717, 1.165) is 11.8 Å². The van der Waals surface area contributed by atoms with Crippen LogP contribution in [-0.2, 0) is 4.79 Å². The number of thioether (sulfide) groups is 1. The van der Waals surface area contributed by atoms with Crippen molar-refractivity contribution in [2.24, 2.45) is 0 Å². The van der Waals surface area contributed by atoms with E-state index in [1.807, 2.05) is 13.8 Å². The van der Waals surface area contributed by atoms with Crippen LogP contribution in [0.4, 0.5) is 14.8 Å². The smallest absolute Gasteiger partial charge is 0.322 e. The summed E-state index contributed by atoms with van der Waals surface area (Å²) in [5.74, 6) is -1.12. The molecule has 0 aliphatic heterocycles. The summed E-state index contributed by atoms with van der Waals surface area (Å²) in [5, 5.41) is 9.47. The second-order valence-corrected chi connectivity index (χ2v) is 6.57. The highest BCUT2D eigenvalue weighted by atomic mass is 32.2. The van der Waals surface area contributed by atoms with E-state index in [1.165, 1.54) is 18.2 Å². The van der Waals surface area contributed by atoms with Crippen LogP contribution in [0.1, 0.15) is 43.4 Å². The third-order valence-corrected chi connectivity index (χ3v) is 4.22. The number of nitrogens with zero attached hydrogens (tertiary/aromatic N) is 2. The Labute approximate surface area is 136 Å². The minimum absolute atomic E-state index is 0.00827. The molecular weight excluding hydrogens is 324 g/mol. The second-order valence-electron chi connectivity index (χ2n) is 5.24. The molecule has 1 amide bonds. The van der Waals surface area contributed by atoms with Crippen molar-refractivity contribution >= 4 is 23.7 Å². The molecule has 0 saturated heterocycles. The van der Waals surface area contributed by atoms with E-state index in [9.17, 15) is 13.6 Å². The molecule has 0 spiro atoms. The predicted octanol–water partition coefficient (Wildman–Crippen LogP) is 3.90. The number of anilines is 1. The minimum Gasteiger partial charge on any atom is -0.408 e. The maximum atomic E-state index is 13.7. The van der Waals surface area contributed by atoms with E-state index >= 15 is 0 Å². The van der Waals surface area contributed by atoms with Crippen molar-refractivity contribution in [2.45, 2.75) is 31.9 Å². The molecule has 0 fully saturated rings. The molecular formula is C15H17F2N3O2S. The Balaban J connectivity index is 1.91. The highest BCUT2D eigenvalue weighted by molar-refractivity contribution is 8.00. The van der Waals surface area contributed by atoms with Crippen molar-refractivity contribution < 1.29 is 18.0 Å². The van der Waals surface area contributed by atoms with Crippen molar-refractivity contribution in [2.75, 3.05) is 11.1 Å². The average Bonchev–Trinajstić information content (AvgIpc) is 2.93. The number of hydrogen-bond acceptors (Lipinski definition) is 5. The summed E-state index contributed by atoms with van der Waals surface area (Å²) >= 11 is 1.12. The molecule has 5 nitrogen and oxygen atoms in total. The van der Waals surface area contributed by atoms with Gasteiger partial charge in [-0.25, -0.2) is 8.78 Å². The Hall–Kier alpha value is -1.96. The first kappa shape index (κ1) is 17.4. The second kappa shape index (κ2) is 7.54. The van der Waals surface area contributed by atoms with Gasteiger partial charge in [-0.1, -0.05) is 25.0 Å². The molecule has 1 heterocycles. The number of rotatable bonds is 6. The zero-order valence-electron chi connectivity index (χ0n) is 13.0. The fourth-order valence-electron chi connectivity index (χ4n) is 1.86. The average molecular weight is 341 g/mol. The predicted molar refractivity (Wildman–Crippen MR) is 84.2 cm³/mol. The first-order chi connectivity index (χ1) is 10.9. The third kappa shape index (κ3) is 4.51. The molecule has 0 aliphatic carbocycles. The summed E-state index contributed by atoms with van der Waals surface area (Å²) in [5.41, 5.74) is -0.0369. The Morgan fingerprint density at radius 1 is 1.26 bits per heavy atom. The molecule has 1 N–H and O–H groups in total. The Bertz CT molecular complexity index is 671. The van der Waals surface area contributed by atoms with Gasteiger partial charge < -0.3 is 4.42 Å². The Morgan fingerprint density at radius 3 is 2.48 bits per heavy atom. The van der Waals surface area contributed by atoms with Crippen molar-refractivity contribution in [3.8, 4) is 0 Å². The van der Waals surface area contributed by atoms with Gasteiger partial charge in [-0.05, 0) is 19.1 Å². The minimum atomic E-state index is -0.621. The molecule has 124 valence electrons. The lowest BCUT2D eigenvalue weighted by molar-refractivity contribution is -0.113. The molecule has 1 aromatic carbocycles. The van der Waals surface area contributed by atoms with Gasteiger partial charge in [0.25, 0.3) is 0 Å². The Morgan fingerprint density at radius 2 is 1.91 bits per heavy atom. The van der Waals surface area contributed by atoms with Crippen LogP contribution in [0.15, 0.2) is 22.6 Å². The van der Waals surface area contributed by atoms with Gasteiger partial charge in [0.05, 0.1) is 5.75 Å². The lowest BCUT2D eigenvalue weighted by Crippen LogP contribution is -2.15. The number of nitrogens with one attached hydrogen (secondary N) is 1. The number of benzene rings is 1. The number of carbonyl (C=O) groups is 1. The van der Waals surface area contributed by atoms with Crippen molar-refractivity contribution in [1.29, 1.82) is 0 Å². The van der Waals surface area contributed by atoms with Gasteiger partial charge in [0.15, 0.2) is 0 Å². The number of hydrogen-bond donors (Lipinski definition) is 1. The molecule has 8 heteroatoms. The van der Waals surface area contributed by atoms with Gasteiger partial charge in [-0.15, -0.1) is 16.9 Å². The summed E-state index contributed by atoms with van der Waals surface area (Å²) in [6.45, 7) is 5.42. The SMILES string of the molecule is CC(C)c1nnc(NC(=O)CS[C@H](C)c2c(F)cccc2F)o1. The first-order valence-electron chi connectivity index (χ1n) is 7.07. The quantitative estimate of drug-likeness (QED) is 0.863. The third-order valence-electron chi connectivity index (χ3n) is 3.05. The topological polar surface area (TPSA) is 68.0 Å². The van der Waals surface area contributed by atoms with Gasteiger partial charge in [0.1, 0.15) is 11.6 Å². The molecule has 0 saturated carbocycles. The van der Waals surface area contributed by atoms with Gasteiger partial charge in [-0.2, -0.15) is 0 Å². The summed E-state index contributed by atoms with van der Waals surface area (Å²) in [6, 6.07) is 3.72. The van der Waals surface area contributed by atoms with Gasteiger partial charge in [-0.3, -0.25) is 10.1 Å². The van der Waals surface area contributed by atoms with Gasteiger partial charge in [0, 0.05) is 16.7 Å². The molecule has 1 atom stereocenters. The molecule has 0 radical (unpaired) electrons. The van der Waals surface area contributed by atoms with E-state index < -0.39 is 16.9 Å². The van der Waals surface area contributed by atoms with E-state index in [2.05, 4.69) is 15.5 Å². The van der Waals surface area contributed by atoms with Crippen LogP contribution in [0.3, 0.4) is 0 Å². The van der Waals surface area contributed by atoms with Crippen molar-refractivity contribution in [3.63, 3.8) is 0 Å². The fraction of sp³-hybridized carbons (Fsp3) is 0.400. The maximum absolute atomic E-state index is 13.7. The normalized spacial score (nSPS) is 12.4. The van der Waals surface area contributed by atoms with Crippen LogP contribution in [0.5, 0.6) is 0 Å². The zero-order chi connectivity index (χ0) is 17.0. The van der Waals surface area contributed by atoms with E-state index in [1.54, 1.807) is 6.92 Å². The van der Waals surface area contributed by atoms with Gasteiger partial charge in [0.2, 0.25) is 11.8 Å². The van der Waals surface area contributed by atoms with Crippen LogP contribution >= 0.6 is 11.8 Å². The molecule has 1 aromatic heterocycles. The number of carbonyl (C=O) groups excluding carboxylic acids is 1. The van der Waals surface area contributed by atoms with E-state index in [-0.39, 0.29) is 29.2 Å². The van der Waals surface area contributed by atoms with Crippen LogP contribution in [-0.4, -0.2) is 21.9 Å². The number of halogens is 2. The standard InChI is InChI=1S/C15H17F2N3O2S/c1-8(2)14-19-20-15(22-14)18-12(21)7-23-9(3)13-10(16)5-4-6-11(13)17/h4-6,8-9H,7H2,1-3H3,(H,18,20,21)/t9-/m1/s1. The molecule has 2 aromatic rings. The molecule has 0 bridgehead atoms. The van der Waals surface area contributed by atoms with Crippen molar-refractivity contribution in [3.05, 3.63) is 41.3 Å². The summed E-state index contributed by atoms with van der Waals surface area (Å²) in [4.78, 5) is 11.8. The molecule has 0 aliphatic rings. The van der Waals surface area contributed by atoms with Crippen LogP contribution in [0.2, 0.25) is 0 Å². The fourth-order valence-corrected chi connectivity index (χ4v) is 2.72. The number of amides is 1. The van der Waals surface area contributed by atoms with Crippen LogP contribution < -0.4 is 5.32 Å². The maximum Gasteiger partial charge on any atom is 0.322 e. The summed E-state index contributed by atoms with van der Waals surface area (Å²) < 4.78 is 32.6. The molecule has 0 unspecified atom stereocenters. The largest absolute Gasteiger partial charge is 0.408 e. The highest BCUT2D eigenvalue weighted by Crippen LogP contribution is 2.31. The van der Waals surface area contributed by atoms with Gasteiger partial charge >= 0.3 is 6.01 Å². The Kier molecular flexibility index (Phi) is 5.70. The lowest BCUT2D eigenvalue weighted by atomic mass is 10.1. The monoisotopic (exact) mass is 341 g/mol. The lowest BCUT2D eigenvalue weighted by Gasteiger charge is -2.12. The van der Waals surface area contributed by atoms with E-state index in [4.69, 9.17) is 4.42 Å². The highest BCUT2D eigenvalue weighted by Gasteiger charge is 2.18. The van der Waals surface area contributed by atoms with Crippen LogP contribution in [0.25, 0.3) is 0 Å². The first-order valence-corrected chi connectivity index (χ1v) is 8.12. The number of aromatic nitrogens is 2. The summed E-state index contributed by atoms with van der Waals surface area (Å²) in [7, 11) is 0. The molecule has 23 heavy (non-hydrogen) atoms. The van der Waals surface area contributed by atoms with E-state index in [0.29, 0.717) is 5.89 Å². The molecule has 2 rings (SSSR count).